The van der Waals surface area contributed by atoms with Crippen molar-refractivity contribution < 1.29 is 4.79 Å². The number of carbonyl (C=O) groups excluding carboxylic acids is 1. The summed E-state index contributed by atoms with van der Waals surface area (Å²) in [6, 6.07) is 4.07. The Labute approximate surface area is 82.5 Å². The van der Waals surface area contributed by atoms with Crippen LogP contribution in [-0.2, 0) is 0 Å². The number of pyridine rings is 1. The Morgan fingerprint density at radius 3 is 3.00 bits per heavy atom. The Bertz CT molecular complexity index is 364. The minimum Gasteiger partial charge on any atom is -0.382 e. The molecule has 1 fully saturated rings. The van der Waals surface area contributed by atoms with Crippen molar-refractivity contribution in [3.05, 3.63) is 24.0 Å². The molecule has 2 atom stereocenters. The summed E-state index contributed by atoms with van der Waals surface area (Å²) < 4.78 is 0. The molecule has 1 aliphatic rings. The summed E-state index contributed by atoms with van der Waals surface area (Å²) in [5.41, 5.74) is 6.36. The maximum Gasteiger partial charge on any atom is 0.267 e. The van der Waals surface area contributed by atoms with Crippen LogP contribution in [0.5, 0.6) is 0 Å². The molecular formula is C10H13N3O. The second kappa shape index (κ2) is 3.29. The molecule has 1 aromatic heterocycles. The number of carbonyl (C=O) groups is 1. The molecule has 0 aromatic carbocycles. The van der Waals surface area contributed by atoms with E-state index in [1.165, 1.54) is 6.42 Å². The Morgan fingerprint density at radius 2 is 2.43 bits per heavy atom. The molecule has 1 amide bonds. The number of primary amides is 1. The quantitative estimate of drug-likeness (QED) is 0.749. The van der Waals surface area contributed by atoms with E-state index in [9.17, 15) is 4.79 Å². The molecule has 0 aliphatic heterocycles. The number of aromatic nitrogens is 1. The fraction of sp³-hybridized carbons (Fsp3) is 0.400. The third-order valence-electron chi connectivity index (χ3n) is 2.47. The fourth-order valence-electron chi connectivity index (χ4n) is 1.39. The summed E-state index contributed by atoms with van der Waals surface area (Å²) >= 11 is 0. The molecule has 0 spiro atoms. The lowest BCUT2D eigenvalue weighted by molar-refractivity contribution is 0.0995. The van der Waals surface area contributed by atoms with Gasteiger partial charge in [-0.3, -0.25) is 9.78 Å². The maximum absolute atomic E-state index is 10.9. The number of amides is 1. The van der Waals surface area contributed by atoms with Crippen molar-refractivity contribution in [2.45, 2.75) is 19.4 Å². The lowest BCUT2D eigenvalue weighted by Crippen LogP contribution is -2.13. The van der Waals surface area contributed by atoms with E-state index in [4.69, 9.17) is 5.73 Å². The van der Waals surface area contributed by atoms with Gasteiger partial charge in [-0.05, 0) is 24.5 Å². The summed E-state index contributed by atoms with van der Waals surface area (Å²) in [5.74, 6) is 0.234. The van der Waals surface area contributed by atoms with E-state index in [1.54, 1.807) is 12.3 Å². The van der Waals surface area contributed by atoms with Crippen molar-refractivity contribution in [3.8, 4) is 0 Å². The topological polar surface area (TPSA) is 68.0 Å². The second-order valence-electron chi connectivity index (χ2n) is 3.76. The van der Waals surface area contributed by atoms with Crippen LogP contribution < -0.4 is 11.1 Å². The molecule has 0 saturated heterocycles. The van der Waals surface area contributed by atoms with Crippen LogP contribution in [0.15, 0.2) is 18.3 Å². The van der Waals surface area contributed by atoms with Gasteiger partial charge in [0.1, 0.15) is 5.69 Å². The van der Waals surface area contributed by atoms with E-state index >= 15 is 0 Å². The summed E-state index contributed by atoms with van der Waals surface area (Å²) in [6.45, 7) is 2.19. The molecule has 74 valence electrons. The van der Waals surface area contributed by atoms with E-state index in [1.807, 2.05) is 6.07 Å². The molecule has 1 saturated carbocycles. The molecule has 1 aliphatic carbocycles. The van der Waals surface area contributed by atoms with Crippen LogP contribution in [0.3, 0.4) is 0 Å². The van der Waals surface area contributed by atoms with Crippen molar-refractivity contribution in [2.24, 2.45) is 11.7 Å². The highest BCUT2D eigenvalue weighted by Crippen LogP contribution is 2.32. The number of nitrogens with two attached hydrogens (primary N) is 1. The highest BCUT2D eigenvalue weighted by atomic mass is 16.1. The Balaban J connectivity index is 2.10. The zero-order valence-electron chi connectivity index (χ0n) is 8.03. The van der Waals surface area contributed by atoms with Crippen molar-refractivity contribution in [1.82, 2.24) is 4.98 Å². The highest BCUT2D eigenvalue weighted by molar-refractivity contribution is 5.91. The molecule has 0 bridgehead atoms. The average molecular weight is 191 g/mol. The number of hydrogen-bond acceptors (Lipinski definition) is 3. The zero-order chi connectivity index (χ0) is 10.1. The molecule has 14 heavy (non-hydrogen) atoms. The zero-order valence-corrected chi connectivity index (χ0v) is 8.03. The predicted octanol–water partition coefficient (Wildman–Crippen LogP) is 1.00. The second-order valence-corrected chi connectivity index (χ2v) is 3.76. The Kier molecular flexibility index (Phi) is 2.11. The number of nitrogens with zero attached hydrogens (tertiary/aromatic N) is 1. The van der Waals surface area contributed by atoms with E-state index in [0.717, 1.165) is 11.6 Å². The van der Waals surface area contributed by atoms with Crippen LogP contribution in [0.4, 0.5) is 5.69 Å². The van der Waals surface area contributed by atoms with Crippen LogP contribution in [0.2, 0.25) is 0 Å². The van der Waals surface area contributed by atoms with Gasteiger partial charge in [0, 0.05) is 17.9 Å². The molecule has 1 aromatic rings. The lowest BCUT2D eigenvalue weighted by atomic mass is 10.3. The van der Waals surface area contributed by atoms with Gasteiger partial charge >= 0.3 is 0 Å². The molecule has 2 unspecified atom stereocenters. The molecule has 4 nitrogen and oxygen atoms in total. The van der Waals surface area contributed by atoms with Crippen molar-refractivity contribution >= 4 is 11.6 Å². The standard InChI is InChI=1S/C10H13N3O/c1-6-4-8(6)13-7-2-3-12-9(5-7)10(11)14/h2-3,5-6,8H,4H2,1H3,(H2,11,14)(H,12,13). The van der Waals surface area contributed by atoms with Gasteiger partial charge in [0.15, 0.2) is 0 Å². The predicted molar refractivity (Wildman–Crippen MR) is 53.9 cm³/mol. The first-order valence-corrected chi connectivity index (χ1v) is 4.69. The minimum absolute atomic E-state index is 0.309. The van der Waals surface area contributed by atoms with Gasteiger partial charge in [0.2, 0.25) is 0 Å². The van der Waals surface area contributed by atoms with E-state index in [2.05, 4.69) is 17.2 Å². The van der Waals surface area contributed by atoms with Gasteiger partial charge < -0.3 is 11.1 Å². The minimum atomic E-state index is -0.488. The average Bonchev–Trinajstić information content (AvgIpc) is 2.82. The van der Waals surface area contributed by atoms with Gasteiger partial charge in [0.05, 0.1) is 0 Å². The van der Waals surface area contributed by atoms with Crippen molar-refractivity contribution in [1.29, 1.82) is 0 Å². The first-order chi connectivity index (χ1) is 6.66. The smallest absolute Gasteiger partial charge is 0.267 e. The van der Waals surface area contributed by atoms with Gasteiger partial charge in [-0.25, -0.2) is 0 Å². The fourth-order valence-corrected chi connectivity index (χ4v) is 1.39. The normalized spacial score (nSPS) is 24.4. The van der Waals surface area contributed by atoms with Gasteiger partial charge in [-0.15, -0.1) is 0 Å². The van der Waals surface area contributed by atoms with Crippen molar-refractivity contribution in [2.75, 3.05) is 5.32 Å². The van der Waals surface area contributed by atoms with Crippen LogP contribution in [0, 0.1) is 5.92 Å². The van der Waals surface area contributed by atoms with Crippen LogP contribution in [0.1, 0.15) is 23.8 Å². The maximum atomic E-state index is 10.9. The highest BCUT2D eigenvalue weighted by Gasteiger charge is 2.32. The van der Waals surface area contributed by atoms with E-state index < -0.39 is 5.91 Å². The monoisotopic (exact) mass is 191 g/mol. The summed E-state index contributed by atoms with van der Waals surface area (Å²) in [4.78, 5) is 14.7. The lowest BCUT2D eigenvalue weighted by Gasteiger charge is -2.04. The summed E-state index contributed by atoms with van der Waals surface area (Å²) in [5, 5.41) is 3.31. The summed E-state index contributed by atoms with van der Waals surface area (Å²) in [6.07, 6.45) is 2.78. The number of anilines is 1. The summed E-state index contributed by atoms with van der Waals surface area (Å²) in [7, 11) is 0. The number of rotatable bonds is 3. The van der Waals surface area contributed by atoms with Gasteiger partial charge in [-0.2, -0.15) is 0 Å². The Morgan fingerprint density at radius 1 is 1.71 bits per heavy atom. The molecular weight excluding hydrogens is 178 g/mol. The Hall–Kier alpha value is -1.58. The van der Waals surface area contributed by atoms with Crippen LogP contribution in [0.25, 0.3) is 0 Å². The third-order valence-corrected chi connectivity index (χ3v) is 2.47. The van der Waals surface area contributed by atoms with E-state index in [-0.39, 0.29) is 0 Å². The first-order valence-electron chi connectivity index (χ1n) is 4.69. The van der Waals surface area contributed by atoms with Gasteiger partial charge in [0.25, 0.3) is 5.91 Å². The molecule has 3 N–H and O–H groups in total. The molecule has 0 radical (unpaired) electrons. The van der Waals surface area contributed by atoms with Crippen LogP contribution >= 0.6 is 0 Å². The largest absolute Gasteiger partial charge is 0.382 e. The third kappa shape index (κ3) is 1.84. The van der Waals surface area contributed by atoms with Crippen LogP contribution in [-0.4, -0.2) is 16.9 Å². The SMILES string of the molecule is CC1CC1Nc1ccnc(C(N)=O)c1. The van der Waals surface area contributed by atoms with Gasteiger partial charge in [-0.1, -0.05) is 6.92 Å². The molecule has 2 rings (SSSR count). The molecule has 1 heterocycles. The number of nitrogens with one attached hydrogen (secondary N) is 1. The van der Waals surface area contributed by atoms with Crippen molar-refractivity contribution in [3.63, 3.8) is 0 Å². The van der Waals surface area contributed by atoms with E-state index in [0.29, 0.717) is 11.7 Å². The number of hydrogen-bond donors (Lipinski definition) is 2. The first kappa shape index (κ1) is 8.99. The molecule has 4 heteroatoms.